The molecule has 1 N–H and O–H groups in total. The Bertz CT molecular complexity index is 1500. The number of hydrogen-bond donors (Lipinski definition) is 1. The number of allylic oxidation sites excluding steroid dienone is 1. The van der Waals surface area contributed by atoms with Crippen LogP contribution in [0.2, 0.25) is 0 Å². The predicted octanol–water partition coefficient (Wildman–Crippen LogP) is 3.38. The highest BCUT2D eigenvalue weighted by Crippen LogP contribution is 2.26. The number of aldehydes is 1. The summed E-state index contributed by atoms with van der Waals surface area (Å²) in [6, 6.07) is 13.3. The summed E-state index contributed by atoms with van der Waals surface area (Å²) in [5.74, 6) is 0.380. The fraction of sp³-hybridized carbons (Fsp3) is 0.259. The monoisotopic (exact) mass is 483 g/mol. The van der Waals surface area contributed by atoms with Crippen molar-refractivity contribution in [2.45, 2.75) is 13.5 Å². The lowest BCUT2D eigenvalue weighted by Crippen LogP contribution is -2.44. The van der Waals surface area contributed by atoms with E-state index in [1.807, 2.05) is 12.1 Å². The Kier molecular flexibility index (Phi) is 6.39. The molecule has 4 aromatic rings. The van der Waals surface area contributed by atoms with E-state index >= 15 is 0 Å². The van der Waals surface area contributed by atoms with Crippen LogP contribution < -0.4 is 15.8 Å². The first kappa shape index (κ1) is 23.5. The van der Waals surface area contributed by atoms with Crippen LogP contribution in [0.15, 0.2) is 66.1 Å². The van der Waals surface area contributed by atoms with E-state index in [2.05, 4.69) is 52.8 Å². The topological polar surface area (TPSA) is 88.3 Å². The molecule has 1 fully saturated rings. The van der Waals surface area contributed by atoms with Crippen molar-refractivity contribution in [3.8, 4) is 5.69 Å². The van der Waals surface area contributed by atoms with Gasteiger partial charge in [0.1, 0.15) is 11.7 Å². The van der Waals surface area contributed by atoms with Gasteiger partial charge in [0.25, 0.3) is 5.56 Å². The SMILES string of the molecule is C=CCn1c(=O)c2cnc(Nc3ccc(N4CCN(C)CC4)c(C)c3)nc2n1-c1cccc(C=O)c1. The molecule has 2 aromatic heterocycles. The molecule has 0 aliphatic carbocycles. The van der Waals surface area contributed by atoms with Crippen molar-refractivity contribution in [1.29, 1.82) is 0 Å². The number of benzene rings is 2. The highest BCUT2D eigenvalue weighted by atomic mass is 16.1. The number of carbonyl (C=O) groups is 1. The van der Waals surface area contributed by atoms with Crippen molar-refractivity contribution in [3.63, 3.8) is 0 Å². The molecule has 1 aliphatic heterocycles. The van der Waals surface area contributed by atoms with E-state index in [1.54, 1.807) is 29.0 Å². The molecule has 36 heavy (non-hydrogen) atoms. The number of fused-ring (bicyclic) bond motifs is 1. The molecule has 0 atom stereocenters. The number of likely N-dealkylation sites (N-methyl/N-ethyl adjacent to an activating group) is 1. The van der Waals surface area contributed by atoms with Crippen molar-refractivity contribution < 1.29 is 4.79 Å². The summed E-state index contributed by atoms with van der Waals surface area (Å²) >= 11 is 0. The Hall–Kier alpha value is -4.24. The van der Waals surface area contributed by atoms with Gasteiger partial charge in [-0.15, -0.1) is 6.58 Å². The molecule has 184 valence electrons. The van der Waals surface area contributed by atoms with Crippen LogP contribution in [0, 0.1) is 6.92 Å². The Morgan fingerprint density at radius 2 is 1.92 bits per heavy atom. The Morgan fingerprint density at radius 3 is 2.64 bits per heavy atom. The second-order valence-corrected chi connectivity index (χ2v) is 9.05. The first-order valence-electron chi connectivity index (χ1n) is 11.9. The highest BCUT2D eigenvalue weighted by molar-refractivity contribution is 5.79. The molecule has 9 nitrogen and oxygen atoms in total. The molecule has 3 heterocycles. The summed E-state index contributed by atoms with van der Waals surface area (Å²) in [4.78, 5) is 38.3. The van der Waals surface area contributed by atoms with Crippen LogP contribution in [-0.2, 0) is 6.54 Å². The van der Waals surface area contributed by atoms with Crippen molar-refractivity contribution in [3.05, 3.63) is 82.8 Å². The van der Waals surface area contributed by atoms with Crippen LogP contribution in [0.25, 0.3) is 16.7 Å². The number of rotatable bonds is 7. The normalized spacial score (nSPS) is 14.2. The van der Waals surface area contributed by atoms with Crippen LogP contribution in [0.1, 0.15) is 15.9 Å². The van der Waals surface area contributed by atoms with E-state index in [0.717, 1.165) is 38.2 Å². The molecule has 0 bridgehead atoms. The van der Waals surface area contributed by atoms with E-state index < -0.39 is 0 Å². The first-order valence-corrected chi connectivity index (χ1v) is 11.9. The highest BCUT2D eigenvalue weighted by Gasteiger charge is 2.18. The van der Waals surface area contributed by atoms with Gasteiger partial charge in [-0.2, -0.15) is 4.98 Å². The molecule has 0 radical (unpaired) electrons. The van der Waals surface area contributed by atoms with Gasteiger partial charge in [-0.25, -0.2) is 14.3 Å². The van der Waals surface area contributed by atoms with Crippen LogP contribution in [0.4, 0.5) is 17.3 Å². The zero-order valence-electron chi connectivity index (χ0n) is 20.5. The summed E-state index contributed by atoms with van der Waals surface area (Å²) < 4.78 is 3.25. The molecule has 0 spiro atoms. The van der Waals surface area contributed by atoms with Crippen LogP contribution in [-0.4, -0.2) is 63.7 Å². The van der Waals surface area contributed by atoms with Gasteiger partial charge in [-0.05, 0) is 49.9 Å². The van der Waals surface area contributed by atoms with Gasteiger partial charge in [-0.3, -0.25) is 9.59 Å². The molecule has 1 aliphatic rings. The zero-order valence-corrected chi connectivity index (χ0v) is 20.5. The molecule has 9 heteroatoms. The molecule has 0 saturated carbocycles. The third-order valence-corrected chi connectivity index (χ3v) is 6.53. The van der Waals surface area contributed by atoms with E-state index in [1.165, 1.54) is 22.1 Å². The molecule has 0 unspecified atom stereocenters. The number of nitrogens with one attached hydrogen (secondary N) is 1. The standard InChI is InChI=1S/C27H29N7O2/c1-4-10-33-26(36)23-17-28-27(30-25(23)34(33)22-7-5-6-20(16-22)18-35)29-21-8-9-24(19(2)15-21)32-13-11-31(3)12-14-32/h4-9,15-18H,1,10-14H2,2-3H3,(H,28,29,30). The van der Waals surface area contributed by atoms with Crippen molar-refractivity contribution in [1.82, 2.24) is 24.2 Å². The third kappa shape index (κ3) is 4.40. The maximum absolute atomic E-state index is 13.1. The number of aryl methyl sites for hydroxylation is 1. The second-order valence-electron chi connectivity index (χ2n) is 9.05. The fourth-order valence-electron chi connectivity index (χ4n) is 4.63. The van der Waals surface area contributed by atoms with Gasteiger partial charge in [0, 0.05) is 49.3 Å². The van der Waals surface area contributed by atoms with Gasteiger partial charge in [0.05, 0.1) is 12.2 Å². The van der Waals surface area contributed by atoms with Crippen LogP contribution in [0.5, 0.6) is 0 Å². The van der Waals surface area contributed by atoms with Crippen molar-refractivity contribution >= 4 is 34.6 Å². The molecule has 1 saturated heterocycles. The van der Waals surface area contributed by atoms with Gasteiger partial charge >= 0.3 is 0 Å². The lowest BCUT2D eigenvalue weighted by Gasteiger charge is -2.35. The smallest absolute Gasteiger partial charge is 0.278 e. The van der Waals surface area contributed by atoms with Crippen molar-refractivity contribution in [2.24, 2.45) is 0 Å². The van der Waals surface area contributed by atoms with Gasteiger partial charge in [-0.1, -0.05) is 18.2 Å². The van der Waals surface area contributed by atoms with Crippen molar-refractivity contribution in [2.75, 3.05) is 43.4 Å². The number of hydrogen-bond acceptors (Lipinski definition) is 7. The summed E-state index contributed by atoms with van der Waals surface area (Å²) in [5.41, 5.74) is 4.67. The third-order valence-electron chi connectivity index (χ3n) is 6.53. The molecule has 5 rings (SSSR count). The van der Waals surface area contributed by atoms with Gasteiger partial charge in [0.15, 0.2) is 5.65 Å². The molecule has 0 amide bonds. The minimum Gasteiger partial charge on any atom is -0.369 e. The number of nitrogens with zero attached hydrogens (tertiary/aromatic N) is 6. The largest absolute Gasteiger partial charge is 0.369 e. The maximum Gasteiger partial charge on any atom is 0.278 e. The average molecular weight is 484 g/mol. The summed E-state index contributed by atoms with van der Waals surface area (Å²) in [7, 11) is 2.15. The fourth-order valence-corrected chi connectivity index (χ4v) is 4.63. The Balaban J connectivity index is 1.51. The number of aromatic nitrogens is 4. The summed E-state index contributed by atoms with van der Waals surface area (Å²) in [6.07, 6.45) is 3.97. The van der Waals surface area contributed by atoms with E-state index in [-0.39, 0.29) is 12.1 Å². The first-order chi connectivity index (χ1) is 17.5. The van der Waals surface area contributed by atoms with E-state index in [4.69, 9.17) is 4.98 Å². The summed E-state index contributed by atoms with van der Waals surface area (Å²) in [5, 5.41) is 3.68. The zero-order chi connectivity index (χ0) is 25.2. The van der Waals surface area contributed by atoms with Crippen LogP contribution >= 0.6 is 0 Å². The van der Waals surface area contributed by atoms with Crippen LogP contribution in [0.3, 0.4) is 0 Å². The lowest BCUT2D eigenvalue weighted by molar-refractivity contribution is 0.112. The number of piperazine rings is 1. The van der Waals surface area contributed by atoms with Gasteiger partial charge < -0.3 is 15.1 Å². The maximum atomic E-state index is 13.1. The number of carbonyl (C=O) groups excluding carboxylic acids is 1. The van der Waals surface area contributed by atoms with E-state index in [0.29, 0.717) is 28.2 Å². The predicted molar refractivity (Wildman–Crippen MR) is 143 cm³/mol. The number of anilines is 3. The molecular weight excluding hydrogens is 454 g/mol. The lowest BCUT2D eigenvalue weighted by atomic mass is 10.1. The quantitative estimate of drug-likeness (QED) is 0.318. The summed E-state index contributed by atoms with van der Waals surface area (Å²) in [6.45, 7) is 10.3. The van der Waals surface area contributed by atoms with Gasteiger partial charge in [0.2, 0.25) is 5.95 Å². The molecule has 2 aromatic carbocycles. The minimum atomic E-state index is -0.222. The Morgan fingerprint density at radius 1 is 1.11 bits per heavy atom. The second kappa shape index (κ2) is 9.79. The van der Waals surface area contributed by atoms with E-state index in [9.17, 15) is 9.59 Å². The Labute approximate surface area is 209 Å². The minimum absolute atomic E-state index is 0.222. The molecular formula is C27H29N7O2. The average Bonchev–Trinajstić information content (AvgIpc) is 3.16.